The van der Waals surface area contributed by atoms with Gasteiger partial charge in [-0.05, 0) is 42.9 Å². The van der Waals surface area contributed by atoms with Gasteiger partial charge in [-0.3, -0.25) is 14.2 Å². The van der Waals surface area contributed by atoms with Crippen LogP contribution in [-0.2, 0) is 11.3 Å². The van der Waals surface area contributed by atoms with Gasteiger partial charge in [0.15, 0.2) is 0 Å². The molecule has 1 aromatic heterocycles. The van der Waals surface area contributed by atoms with Crippen molar-refractivity contribution in [2.75, 3.05) is 13.1 Å². The molecule has 0 radical (unpaired) electrons. The number of fused-ring (bicyclic) bond motifs is 2. The van der Waals surface area contributed by atoms with Crippen LogP contribution in [0.25, 0.3) is 10.9 Å². The maximum atomic E-state index is 12.7. The lowest BCUT2D eigenvalue weighted by Gasteiger charge is -2.41. The Bertz CT molecular complexity index is 863. The van der Waals surface area contributed by atoms with E-state index in [2.05, 4.69) is 4.98 Å². The van der Waals surface area contributed by atoms with Gasteiger partial charge < -0.3 is 4.90 Å². The first-order valence-electron chi connectivity index (χ1n) is 9.04. The van der Waals surface area contributed by atoms with E-state index in [-0.39, 0.29) is 18.0 Å². The second kappa shape index (κ2) is 6.79. The first-order chi connectivity index (χ1) is 12.1. The lowest BCUT2D eigenvalue weighted by atomic mass is 9.75. The zero-order valence-electron chi connectivity index (χ0n) is 14.2. The van der Waals surface area contributed by atoms with Crippen molar-refractivity contribution >= 4 is 28.4 Å². The monoisotopic (exact) mass is 359 g/mol. The van der Waals surface area contributed by atoms with E-state index < -0.39 is 0 Å². The molecule has 2 aromatic rings. The predicted molar refractivity (Wildman–Crippen MR) is 97.7 cm³/mol. The average molecular weight is 360 g/mol. The fraction of sp³-hybridized carbons (Fsp3) is 0.526. The Labute approximate surface area is 151 Å². The first kappa shape index (κ1) is 16.6. The molecule has 2 aliphatic rings. The van der Waals surface area contributed by atoms with Gasteiger partial charge >= 0.3 is 0 Å². The van der Waals surface area contributed by atoms with Crippen molar-refractivity contribution in [3.05, 3.63) is 39.9 Å². The number of benzene rings is 1. The van der Waals surface area contributed by atoms with Crippen LogP contribution in [0.2, 0.25) is 5.02 Å². The van der Waals surface area contributed by atoms with Crippen LogP contribution in [0, 0.1) is 11.8 Å². The van der Waals surface area contributed by atoms with Crippen molar-refractivity contribution in [1.82, 2.24) is 14.5 Å². The summed E-state index contributed by atoms with van der Waals surface area (Å²) in [6.07, 6.45) is 7.69. The van der Waals surface area contributed by atoms with Crippen molar-refractivity contribution in [1.29, 1.82) is 0 Å². The Balaban J connectivity index is 1.52. The quantitative estimate of drug-likeness (QED) is 0.828. The smallest absolute Gasteiger partial charge is 0.261 e. The molecule has 1 amide bonds. The third-order valence-corrected chi connectivity index (χ3v) is 5.97. The maximum Gasteiger partial charge on any atom is 0.261 e. The lowest BCUT2D eigenvalue weighted by molar-refractivity contribution is -0.135. The van der Waals surface area contributed by atoms with Crippen molar-refractivity contribution in [2.45, 2.75) is 38.6 Å². The van der Waals surface area contributed by atoms with Gasteiger partial charge in [0, 0.05) is 18.1 Å². The molecule has 0 unspecified atom stereocenters. The van der Waals surface area contributed by atoms with Crippen LogP contribution in [0.5, 0.6) is 0 Å². The molecule has 4 rings (SSSR count). The van der Waals surface area contributed by atoms with Gasteiger partial charge in [-0.1, -0.05) is 30.9 Å². The minimum absolute atomic E-state index is 0.00861. The number of amides is 1. The molecular formula is C19H22ClN3O2. The fourth-order valence-electron chi connectivity index (χ4n) is 4.32. The molecule has 0 bridgehead atoms. The van der Waals surface area contributed by atoms with Crippen LogP contribution in [0.3, 0.4) is 0 Å². The Hall–Kier alpha value is -1.88. The molecule has 25 heavy (non-hydrogen) atoms. The van der Waals surface area contributed by atoms with Gasteiger partial charge in [0.1, 0.15) is 6.54 Å². The van der Waals surface area contributed by atoms with Gasteiger partial charge in [0.25, 0.3) is 5.56 Å². The van der Waals surface area contributed by atoms with Gasteiger partial charge in [-0.15, -0.1) is 0 Å². The Morgan fingerprint density at radius 1 is 1.20 bits per heavy atom. The third kappa shape index (κ3) is 3.30. The zero-order chi connectivity index (χ0) is 17.4. The van der Waals surface area contributed by atoms with Crippen molar-refractivity contribution < 1.29 is 4.79 Å². The highest BCUT2D eigenvalue weighted by atomic mass is 35.5. The summed E-state index contributed by atoms with van der Waals surface area (Å²) in [5.41, 5.74) is 0.384. The van der Waals surface area contributed by atoms with E-state index in [1.165, 1.54) is 36.6 Å². The van der Waals surface area contributed by atoms with Gasteiger partial charge in [-0.2, -0.15) is 0 Å². The molecule has 5 nitrogen and oxygen atoms in total. The van der Waals surface area contributed by atoms with E-state index >= 15 is 0 Å². The van der Waals surface area contributed by atoms with E-state index in [4.69, 9.17) is 11.6 Å². The van der Waals surface area contributed by atoms with Crippen LogP contribution >= 0.6 is 11.6 Å². The molecule has 0 spiro atoms. The molecule has 2 heterocycles. The third-order valence-electron chi connectivity index (χ3n) is 5.74. The number of aromatic nitrogens is 2. The Kier molecular flexibility index (Phi) is 4.50. The lowest BCUT2D eigenvalue weighted by Crippen LogP contribution is -2.46. The van der Waals surface area contributed by atoms with Crippen LogP contribution < -0.4 is 5.56 Å². The minimum Gasteiger partial charge on any atom is -0.341 e. The van der Waals surface area contributed by atoms with Crippen LogP contribution in [0.1, 0.15) is 32.1 Å². The largest absolute Gasteiger partial charge is 0.341 e. The number of piperidine rings is 1. The Morgan fingerprint density at radius 2 is 2.00 bits per heavy atom. The highest BCUT2D eigenvalue weighted by molar-refractivity contribution is 6.31. The van der Waals surface area contributed by atoms with E-state index in [0.29, 0.717) is 21.8 Å². The average Bonchev–Trinajstić information content (AvgIpc) is 2.64. The molecule has 1 aromatic carbocycles. The summed E-state index contributed by atoms with van der Waals surface area (Å²) >= 11 is 5.98. The molecule has 2 fully saturated rings. The molecule has 1 saturated carbocycles. The number of carbonyl (C=O) groups excluding carboxylic acids is 1. The number of halogens is 1. The van der Waals surface area contributed by atoms with Gasteiger partial charge in [0.05, 0.1) is 17.2 Å². The molecule has 6 heteroatoms. The van der Waals surface area contributed by atoms with Gasteiger partial charge in [-0.25, -0.2) is 4.98 Å². The Morgan fingerprint density at radius 3 is 2.84 bits per heavy atom. The first-order valence-corrected chi connectivity index (χ1v) is 9.42. The molecule has 2 atom stereocenters. The standard InChI is InChI=1S/C19H22ClN3O2/c20-15-5-6-17-16(9-15)19(25)23(12-21-17)11-18(24)22-8-7-13-3-1-2-4-14(13)10-22/h5-6,9,12-14H,1-4,7-8,10-11H2/t13-,14+/m1/s1. The SMILES string of the molecule is O=C(Cn1cnc2ccc(Cl)cc2c1=O)N1CC[C@H]2CCCC[C@H]2C1. The number of carbonyl (C=O) groups is 1. The minimum atomic E-state index is -0.214. The molecule has 1 aliphatic carbocycles. The van der Waals surface area contributed by atoms with Crippen molar-refractivity contribution in [3.63, 3.8) is 0 Å². The number of hydrogen-bond acceptors (Lipinski definition) is 3. The number of likely N-dealkylation sites (tertiary alicyclic amines) is 1. The number of hydrogen-bond donors (Lipinski definition) is 0. The summed E-state index contributed by atoms with van der Waals surface area (Å²) in [6, 6.07) is 5.04. The second-order valence-electron chi connectivity index (χ2n) is 7.27. The maximum absolute atomic E-state index is 12.7. The molecule has 1 saturated heterocycles. The fourth-order valence-corrected chi connectivity index (χ4v) is 4.49. The highest BCUT2D eigenvalue weighted by Gasteiger charge is 2.32. The topological polar surface area (TPSA) is 55.2 Å². The summed E-state index contributed by atoms with van der Waals surface area (Å²) in [5.74, 6) is 1.43. The van der Waals surface area contributed by atoms with E-state index in [0.717, 1.165) is 25.4 Å². The highest BCUT2D eigenvalue weighted by Crippen LogP contribution is 2.36. The second-order valence-corrected chi connectivity index (χ2v) is 7.71. The molecule has 0 N–H and O–H groups in total. The van der Waals surface area contributed by atoms with E-state index in [9.17, 15) is 9.59 Å². The summed E-state index contributed by atoms with van der Waals surface area (Å²) in [5, 5.41) is 0.948. The number of rotatable bonds is 2. The zero-order valence-corrected chi connectivity index (χ0v) is 14.9. The number of nitrogens with zero attached hydrogens (tertiary/aromatic N) is 3. The summed E-state index contributed by atoms with van der Waals surface area (Å²) in [4.78, 5) is 31.5. The van der Waals surface area contributed by atoms with Crippen molar-refractivity contribution in [3.8, 4) is 0 Å². The van der Waals surface area contributed by atoms with E-state index in [1.807, 2.05) is 4.90 Å². The predicted octanol–water partition coefficient (Wildman–Crippen LogP) is 3.09. The van der Waals surface area contributed by atoms with Gasteiger partial charge in [0.2, 0.25) is 5.91 Å². The molecule has 1 aliphatic heterocycles. The normalized spacial score (nSPS) is 23.5. The van der Waals surface area contributed by atoms with Crippen LogP contribution in [0.4, 0.5) is 0 Å². The summed E-state index contributed by atoms with van der Waals surface area (Å²) < 4.78 is 1.40. The van der Waals surface area contributed by atoms with E-state index in [1.54, 1.807) is 18.2 Å². The summed E-state index contributed by atoms with van der Waals surface area (Å²) in [6.45, 7) is 1.69. The molecule has 132 valence electrons. The van der Waals surface area contributed by atoms with Crippen molar-refractivity contribution in [2.24, 2.45) is 11.8 Å². The van der Waals surface area contributed by atoms with Crippen LogP contribution in [0.15, 0.2) is 29.3 Å². The van der Waals surface area contributed by atoms with Crippen LogP contribution in [-0.4, -0.2) is 33.4 Å². The summed E-state index contributed by atoms with van der Waals surface area (Å²) in [7, 11) is 0. The molecular weight excluding hydrogens is 338 g/mol.